The van der Waals surface area contributed by atoms with E-state index in [1.54, 1.807) is 24.0 Å². The number of fused-ring (bicyclic) bond motifs is 4. The van der Waals surface area contributed by atoms with E-state index in [1.165, 1.54) is 0 Å². The molecule has 2 amide bonds. The first-order valence-electron chi connectivity index (χ1n) is 8.13. The number of hydrogen-bond donors (Lipinski definition) is 0. The van der Waals surface area contributed by atoms with Crippen LogP contribution in [0.15, 0.2) is 48.5 Å². The Morgan fingerprint density at radius 2 is 1.56 bits per heavy atom. The third-order valence-electron chi connectivity index (χ3n) is 4.73. The molecule has 0 aliphatic carbocycles. The van der Waals surface area contributed by atoms with Gasteiger partial charge in [0, 0.05) is 30.8 Å². The summed E-state index contributed by atoms with van der Waals surface area (Å²) in [6.45, 7) is 0.292. The number of amides is 2. The summed E-state index contributed by atoms with van der Waals surface area (Å²) in [6, 6.07) is 15.0. The number of methoxy groups -OCH3 is 1. The van der Waals surface area contributed by atoms with Crippen LogP contribution in [0.25, 0.3) is 11.8 Å². The van der Waals surface area contributed by atoms with Gasteiger partial charge >= 0.3 is 0 Å². The van der Waals surface area contributed by atoms with E-state index in [0.717, 1.165) is 16.8 Å². The van der Waals surface area contributed by atoms with Crippen molar-refractivity contribution in [2.24, 2.45) is 0 Å². The quantitative estimate of drug-likeness (QED) is 0.806. The smallest absolute Gasteiger partial charge is 0.261 e. The Morgan fingerprint density at radius 1 is 0.920 bits per heavy atom. The predicted molar refractivity (Wildman–Crippen MR) is 94.7 cm³/mol. The summed E-state index contributed by atoms with van der Waals surface area (Å²) in [5, 5.41) is 0. The van der Waals surface area contributed by atoms with Gasteiger partial charge in [-0.1, -0.05) is 36.4 Å². The highest BCUT2D eigenvalue weighted by Gasteiger charge is 2.39. The standard InChI is InChI=1S/C20H18N2O3/c1-21-12-18(25-2)22-17(15-9-5-6-10-16(15)20(22)24)11-13-7-3-4-8-14(13)19(21)23/h3-11,18H,12H2,1-2H3/b17-11+. The lowest BCUT2D eigenvalue weighted by atomic mass is 10.0. The van der Waals surface area contributed by atoms with Crippen molar-refractivity contribution < 1.29 is 14.3 Å². The van der Waals surface area contributed by atoms with Gasteiger partial charge in [-0.05, 0) is 23.8 Å². The predicted octanol–water partition coefficient (Wildman–Crippen LogP) is 2.70. The van der Waals surface area contributed by atoms with E-state index in [2.05, 4.69) is 0 Å². The zero-order valence-electron chi connectivity index (χ0n) is 14.1. The largest absolute Gasteiger partial charge is 0.359 e. The molecule has 0 bridgehead atoms. The van der Waals surface area contributed by atoms with Gasteiger partial charge in [-0.3, -0.25) is 14.5 Å². The van der Waals surface area contributed by atoms with E-state index in [1.807, 2.05) is 54.6 Å². The summed E-state index contributed by atoms with van der Waals surface area (Å²) >= 11 is 0. The maximum absolute atomic E-state index is 13.0. The zero-order chi connectivity index (χ0) is 17.6. The number of nitrogens with zero attached hydrogens (tertiary/aromatic N) is 2. The van der Waals surface area contributed by atoms with Crippen LogP contribution in [0.3, 0.4) is 0 Å². The molecular weight excluding hydrogens is 316 g/mol. The van der Waals surface area contributed by atoms with E-state index in [9.17, 15) is 9.59 Å². The molecule has 0 N–H and O–H groups in total. The molecule has 2 aliphatic heterocycles. The Kier molecular flexibility index (Phi) is 3.66. The molecule has 1 atom stereocenters. The Bertz CT molecular complexity index is 903. The molecule has 1 unspecified atom stereocenters. The van der Waals surface area contributed by atoms with Crippen molar-refractivity contribution in [3.8, 4) is 0 Å². The molecule has 0 spiro atoms. The maximum atomic E-state index is 13.0. The lowest BCUT2D eigenvalue weighted by Crippen LogP contribution is -2.45. The fraction of sp³-hybridized carbons (Fsp3) is 0.200. The summed E-state index contributed by atoms with van der Waals surface area (Å²) in [6.07, 6.45) is 1.36. The van der Waals surface area contributed by atoms with Gasteiger partial charge < -0.3 is 9.64 Å². The summed E-state index contributed by atoms with van der Waals surface area (Å²) in [4.78, 5) is 29.0. The summed E-state index contributed by atoms with van der Waals surface area (Å²) in [7, 11) is 3.28. The second kappa shape index (κ2) is 5.86. The molecule has 5 nitrogen and oxygen atoms in total. The molecule has 25 heavy (non-hydrogen) atoms. The highest BCUT2D eigenvalue weighted by Crippen LogP contribution is 2.37. The molecular formula is C20H18N2O3. The van der Waals surface area contributed by atoms with Gasteiger partial charge in [0.2, 0.25) is 0 Å². The zero-order valence-corrected chi connectivity index (χ0v) is 14.1. The van der Waals surface area contributed by atoms with Gasteiger partial charge in [-0.25, -0.2) is 0 Å². The third kappa shape index (κ3) is 2.36. The topological polar surface area (TPSA) is 49.9 Å². The van der Waals surface area contributed by atoms with Crippen molar-refractivity contribution in [3.05, 3.63) is 70.8 Å². The second-order valence-corrected chi connectivity index (χ2v) is 6.21. The minimum atomic E-state index is -0.547. The number of hydrogen-bond acceptors (Lipinski definition) is 3. The number of ether oxygens (including phenoxy) is 1. The van der Waals surface area contributed by atoms with Crippen LogP contribution in [0.4, 0.5) is 0 Å². The van der Waals surface area contributed by atoms with Crippen molar-refractivity contribution in [3.63, 3.8) is 0 Å². The lowest BCUT2D eigenvalue weighted by Gasteiger charge is -2.30. The number of carbonyl (C=O) groups excluding carboxylic acids is 2. The van der Waals surface area contributed by atoms with E-state index in [0.29, 0.717) is 17.7 Å². The van der Waals surface area contributed by atoms with Crippen LogP contribution in [0.2, 0.25) is 0 Å². The van der Waals surface area contributed by atoms with Gasteiger partial charge in [0.05, 0.1) is 12.2 Å². The molecule has 0 saturated carbocycles. The van der Waals surface area contributed by atoms with Crippen molar-refractivity contribution in [1.82, 2.24) is 9.80 Å². The van der Waals surface area contributed by atoms with Gasteiger partial charge in [0.25, 0.3) is 11.8 Å². The highest BCUT2D eigenvalue weighted by atomic mass is 16.5. The molecule has 2 aliphatic rings. The fourth-order valence-corrected chi connectivity index (χ4v) is 3.44. The first-order chi connectivity index (χ1) is 12.1. The molecule has 0 fully saturated rings. The fourth-order valence-electron chi connectivity index (χ4n) is 3.44. The summed E-state index contributed by atoms with van der Waals surface area (Å²) < 4.78 is 5.59. The van der Waals surface area contributed by atoms with Gasteiger partial charge in [0.15, 0.2) is 6.23 Å². The van der Waals surface area contributed by atoms with Crippen molar-refractivity contribution in [2.45, 2.75) is 6.23 Å². The van der Waals surface area contributed by atoms with E-state index < -0.39 is 6.23 Å². The number of likely N-dealkylation sites (N-methyl/N-ethyl adjacent to an activating group) is 1. The van der Waals surface area contributed by atoms with E-state index >= 15 is 0 Å². The SMILES string of the molecule is COC1CN(C)C(=O)c2ccccc2/C=C2\c3ccccc3C(=O)N21. The Hall–Kier alpha value is -2.92. The molecule has 0 saturated heterocycles. The summed E-state index contributed by atoms with van der Waals surface area (Å²) in [5.41, 5.74) is 3.69. The minimum absolute atomic E-state index is 0.0867. The van der Waals surface area contributed by atoms with Gasteiger partial charge in [-0.15, -0.1) is 0 Å². The maximum Gasteiger partial charge on any atom is 0.261 e. The molecule has 0 radical (unpaired) electrons. The first kappa shape index (κ1) is 15.6. The Morgan fingerprint density at radius 3 is 2.28 bits per heavy atom. The van der Waals surface area contributed by atoms with Crippen LogP contribution in [0.5, 0.6) is 0 Å². The van der Waals surface area contributed by atoms with E-state index in [4.69, 9.17) is 4.74 Å². The van der Waals surface area contributed by atoms with Crippen LogP contribution in [0.1, 0.15) is 31.8 Å². The van der Waals surface area contributed by atoms with Gasteiger partial charge in [-0.2, -0.15) is 0 Å². The number of rotatable bonds is 1. The second-order valence-electron chi connectivity index (χ2n) is 6.21. The lowest BCUT2D eigenvalue weighted by molar-refractivity contribution is -0.00723. The number of benzene rings is 2. The minimum Gasteiger partial charge on any atom is -0.359 e. The molecule has 0 aromatic heterocycles. The molecule has 5 heteroatoms. The van der Waals surface area contributed by atoms with Crippen molar-refractivity contribution >= 4 is 23.6 Å². The Balaban J connectivity index is 1.98. The third-order valence-corrected chi connectivity index (χ3v) is 4.73. The van der Waals surface area contributed by atoms with Crippen molar-refractivity contribution in [2.75, 3.05) is 20.7 Å². The molecule has 126 valence electrons. The molecule has 2 aromatic rings. The van der Waals surface area contributed by atoms with Crippen LogP contribution < -0.4 is 0 Å². The average Bonchev–Trinajstić information content (AvgIpc) is 2.93. The van der Waals surface area contributed by atoms with Crippen LogP contribution in [-0.2, 0) is 4.74 Å². The highest BCUT2D eigenvalue weighted by molar-refractivity contribution is 6.13. The van der Waals surface area contributed by atoms with Gasteiger partial charge in [0.1, 0.15) is 0 Å². The van der Waals surface area contributed by atoms with Crippen LogP contribution in [-0.4, -0.2) is 48.5 Å². The Labute approximate surface area is 146 Å². The van der Waals surface area contributed by atoms with Crippen LogP contribution in [0, 0.1) is 0 Å². The summed E-state index contributed by atoms with van der Waals surface area (Å²) in [5.74, 6) is -0.190. The number of carbonyl (C=O) groups is 2. The van der Waals surface area contributed by atoms with Crippen molar-refractivity contribution in [1.29, 1.82) is 0 Å². The monoisotopic (exact) mass is 334 g/mol. The molecule has 2 heterocycles. The molecule has 4 rings (SSSR count). The van der Waals surface area contributed by atoms with E-state index in [-0.39, 0.29) is 11.8 Å². The van der Waals surface area contributed by atoms with Crippen LogP contribution >= 0.6 is 0 Å². The normalized spacial score (nSPS) is 21.5. The average molecular weight is 334 g/mol. The molecule has 2 aromatic carbocycles. The first-order valence-corrected chi connectivity index (χ1v) is 8.13.